The number of rotatable bonds is 3. The van der Waals surface area contributed by atoms with Crippen LogP contribution in [0.15, 0.2) is 47.1 Å². The normalized spacial score (nSPS) is 10.7. The lowest BCUT2D eigenvalue weighted by Gasteiger charge is -1.94. The van der Waals surface area contributed by atoms with Gasteiger partial charge in [0.2, 0.25) is 0 Å². The van der Waals surface area contributed by atoms with E-state index < -0.39 is 5.97 Å². The molecule has 0 aliphatic heterocycles. The number of aromatic nitrogens is 2. The van der Waals surface area contributed by atoms with E-state index >= 15 is 0 Å². The molecule has 0 radical (unpaired) electrons. The number of nitrogens with zero attached hydrogens (tertiary/aromatic N) is 2. The van der Waals surface area contributed by atoms with Gasteiger partial charge in [-0.25, -0.2) is 9.78 Å². The van der Waals surface area contributed by atoms with E-state index in [4.69, 9.17) is 9.52 Å². The summed E-state index contributed by atoms with van der Waals surface area (Å²) >= 11 is 0. The SMILES string of the molecule is O=C(O)c1ccc2nc(Cc3cccnc3)oc2c1. The maximum absolute atomic E-state index is 10.9. The van der Waals surface area contributed by atoms with E-state index in [9.17, 15) is 4.79 Å². The van der Waals surface area contributed by atoms with Crippen molar-refractivity contribution in [1.82, 2.24) is 9.97 Å². The first kappa shape index (κ1) is 11.4. The van der Waals surface area contributed by atoms with Crippen LogP contribution in [0.5, 0.6) is 0 Å². The molecular formula is C14H10N2O3. The molecule has 0 aliphatic rings. The summed E-state index contributed by atoms with van der Waals surface area (Å²) in [6.45, 7) is 0. The van der Waals surface area contributed by atoms with Gasteiger partial charge in [-0.3, -0.25) is 4.98 Å². The van der Waals surface area contributed by atoms with Gasteiger partial charge in [-0.15, -0.1) is 0 Å². The Kier molecular flexibility index (Phi) is 2.72. The molecule has 94 valence electrons. The third-order valence-corrected chi connectivity index (χ3v) is 2.76. The molecule has 5 nitrogen and oxygen atoms in total. The minimum Gasteiger partial charge on any atom is -0.478 e. The maximum Gasteiger partial charge on any atom is 0.335 e. The lowest BCUT2D eigenvalue weighted by Crippen LogP contribution is -1.94. The van der Waals surface area contributed by atoms with Crippen molar-refractivity contribution in [1.29, 1.82) is 0 Å². The summed E-state index contributed by atoms with van der Waals surface area (Å²) < 4.78 is 5.56. The summed E-state index contributed by atoms with van der Waals surface area (Å²) in [5.74, 6) is -0.433. The molecule has 0 unspecified atom stereocenters. The second kappa shape index (κ2) is 4.53. The Balaban J connectivity index is 1.95. The largest absolute Gasteiger partial charge is 0.478 e. The quantitative estimate of drug-likeness (QED) is 0.777. The highest BCUT2D eigenvalue weighted by Gasteiger charge is 2.10. The van der Waals surface area contributed by atoms with Gasteiger partial charge in [0.05, 0.1) is 12.0 Å². The molecule has 1 aromatic carbocycles. The van der Waals surface area contributed by atoms with Gasteiger partial charge in [0.15, 0.2) is 11.5 Å². The van der Waals surface area contributed by atoms with Crippen molar-refractivity contribution in [3.05, 3.63) is 59.7 Å². The third-order valence-electron chi connectivity index (χ3n) is 2.76. The van der Waals surface area contributed by atoms with Crippen molar-refractivity contribution in [2.24, 2.45) is 0 Å². The molecule has 19 heavy (non-hydrogen) atoms. The summed E-state index contributed by atoms with van der Waals surface area (Å²) in [4.78, 5) is 19.2. The van der Waals surface area contributed by atoms with Crippen LogP contribution in [-0.4, -0.2) is 21.0 Å². The van der Waals surface area contributed by atoms with Gasteiger partial charge < -0.3 is 9.52 Å². The zero-order valence-corrected chi connectivity index (χ0v) is 9.91. The molecule has 2 heterocycles. The zero-order valence-electron chi connectivity index (χ0n) is 9.91. The molecule has 0 bridgehead atoms. The maximum atomic E-state index is 10.9. The van der Waals surface area contributed by atoms with Crippen molar-refractivity contribution in [2.75, 3.05) is 0 Å². The summed E-state index contributed by atoms with van der Waals surface area (Å²) in [7, 11) is 0. The fraction of sp³-hybridized carbons (Fsp3) is 0.0714. The monoisotopic (exact) mass is 254 g/mol. The summed E-state index contributed by atoms with van der Waals surface area (Å²) in [5.41, 5.74) is 2.33. The van der Waals surface area contributed by atoms with E-state index in [1.54, 1.807) is 18.5 Å². The summed E-state index contributed by atoms with van der Waals surface area (Å²) in [6.07, 6.45) is 3.98. The van der Waals surface area contributed by atoms with Gasteiger partial charge in [0.1, 0.15) is 5.52 Å². The average Bonchev–Trinajstić information content (AvgIpc) is 2.80. The smallest absolute Gasteiger partial charge is 0.335 e. The standard InChI is InChI=1S/C14H10N2O3/c17-14(18)10-3-4-11-12(7-10)19-13(16-11)6-9-2-1-5-15-8-9/h1-5,7-8H,6H2,(H,17,18). The molecule has 0 saturated carbocycles. The Morgan fingerprint density at radius 2 is 2.21 bits per heavy atom. The van der Waals surface area contributed by atoms with Crippen LogP contribution < -0.4 is 0 Å². The van der Waals surface area contributed by atoms with Crippen molar-refractivity contribution in [3.63, 3.8) is 0 Å². The second-order valence-electron chi connectivity index (χ2n) is 4.13. The number of benzene rings is 1. The number of carboxylic acids is 1. The number of carbonyl (C=O) groups is 1. The van der Waals surface area contributed by atoms with E-state index in [1.165, 1.54) is 12.1 Å². The van der Waals surface area contributed by atoms with Crippen LogP contribution in [0.2, 0.25) is 0 Å². The number of hydrogen-bond acceptors (Lipinski definition) is 4. The predicted molar refractivity (Wildman–Crippen MR) is 68.0 cm³/mol. The van der Waals surface area contributed by atoms with Crippen LogP contribution in [0.3, 0.4) is 0 Å². The van der Waals surface area contributed by atoms with Crippen molar-refractivity contribution in [3.8, 4) is 0 Å². The van der Waals surface area contributed by atoms with Crippen LogP contribution in [0.1, 0.15) is 21.8 Å². The Morgan fingerprint density at radius 3 is 2.95 bits per heavy atom. The van der Waals surface area contributed by atoms with E-state index in [0.717, 1.165) is 5.56 Å². The summed E-state index contributed by atoms with van der Waals surface area (Å²) in [6, 6.07) is 8.43. The molecule has 2 aromatic heterocycles. The van der Waals surface area contributed by atoms with Crippen LogP contribution >= 0.6 is 0 Å². The first-order valence-electron chi connectivity index (χ1n) is 5.74. The van der Waals surface area contributed by atoms with Crippen molar-refractivity contribution < 1.29 is 14.3 Å². The third kappa shape index (κ3) is 2.30. The van der Waals surface area contributed by atoms with Gasteiger partial charge in [-0.2, -0.15) is 0 Å². The van der Waals surface area contributed by atoms with Crippen molar-refractivity contribution in [2.45, 2.75) is 6.42 Å². The van der Waals surface area contributed by atoms with Gasteiger partial charge in [0.25, 0.3) is 0 Å². The minimum absolute atomic E-state index is 0.191. The highest BCUT2D eigenvalue weighted by atomic mass is 16.4. The molecular weight excluding hydrogens is 244 g/mol. The molecule has 0 spiro atoms. The Labute approximate surface area is 108 Å². The topological polar surface area (TPSA) is 76.2 Å². The van der Waals surface area contributed by atoms with Crippen LogP contribution in [0.4, 0.5) is 0 Å². The van der Waals surface area contributed by atoms with E-state index in [0.29, 0.717) is 23.4 Å². The van der Waals surface area contributed by atoms with Crippen LogP contribution in [0, 0.1) is 0 Å². The van der Waals surface area contributed by atoms with Gasteiger partial charge in [0, 0.05) is 12.4 Å². The molecule has 3 aromatic rings. The molecule has 3 rings (SSSR count). The van der Waals surface area contributed by atoms with Gasteiger partial charge in [-0.05, 0) is 29.8 Å². The summed E-state index contributed by atoms with van der Waals surface area (Å²) in [5, 5.41) is 8.92. The Morgan fingerprint density at radius 1 is 1.32 bits per heavy atom. The Hall–Kier alpha value is -2.69. The van der Waals surface area contributed by atoms with E-state index in [1.807, 2.05) is 12.1 Å². The van der Waals surface area contributed by atoms with E-state index in [-0.39, 0.29) is 5.56 Å². The number of carboxylic acid groups (broad SMARTS) is 1. The molecule has 0 saturated heterocycles. The average molecular weight is 254 g/mol. The Bertz CT molecular complexity index is 735. The molecule has 0 aliphatic carbocycles. The number of pyridine rings is 1. The second-order valence-corrected chi connectivity index (χ2v) is 4.13. The molecule has 0 atom stereocenters. The van der Waals surface area contributed by atoms with Gasteiger partial charge >= 0.3 is 5.97 Å². The van der Waals surface area contributed by atoms with Crippen LogP contribution in [-0.2, 0) is 6.42 Å². The fourth-order valence-electron chi connectivity index (χ4n) is 1.86. The molecule has 0 fully saturated rings. The molecule has 1 N–H and O–H groups in total. The molecule has 0 amide bonds. The zero-order chi connectivity index (χ0) is 13.2. The lowest BCUT2D eigenvalue weighted by molar-refractivity contribution is 0.0697. The lowest BCUT2D eigenvalue weighted by atomic mass is 10.2. The minimum atomic E-state index is -0.980. The predicted octanol–water partition coefficient (Wildman–Crippen LogP) is 2.51. The molecule has 5 heteroatoms. The first-order chi connectivity index (χ1) is 9.22. The highest BCUT2D eigenvalue weighted by molar-refractivity contribution is 5.91. The van der Waals surface area contributed by atoms with Gasteiger partial charge in [-0.1, -0.05) is 6.07 Å². The fourth-order valence-corrected chi connectivity index (χ4v) is 1.86. The number of aromatic carboxylic acids is 1. The number of oxazole rings is 1. The highest BCUT2D eigenvalue weighted by Crippen LogP contribution is 2.19. The van der Waals surface area contributed by atoms with Crippen molar-refractivity contribution >= 4 is 17.1 Å². The first-order valence-corrected chi connectivity index (χ1v) is 5.74. The van der Waals surface area contributed by atoms with E-state index in [2.05, 4.69) is 9.97 Å². The van der Waals surface area contributed by atoms with Crippen LogP contribution in [0.25, 0.3) is 11.1 Å². The number of hydrogen-bond donors (Lipinski definition) is 1. The number of fused-ring (bicyclic) bond motifs is 1.